The third kappa shape index (κ3) is 5.01. The molecular weight excluding hydrogens is 701 g/mol. The average Bonchev–Trinajstić information content (AvgIpc) is 3.96. The highest BCUT2D eigenvalue weighted by Crippen LogP contribution is 2.41. The molecule has 0 aliphatic carbocycles. The average molecular weight is 731 g/mol. The maximum absolute atomic E-state index is 6.76. The maximum Gasteiger partial charge on any atom is 0.164 e. The van der Waals surface area contributed by atoms with Crippen molar-refractivity contribution in [3.63, 3.8) is 0 Å². The lowest BCUT2D eigenvalue weighted by molar-refractivity contribution is 0.669. The molecule has 0 amide bonds. The predicted molar refractivity (Wildman–Crippen MR) is 230 cm³/mol. The lowest BCUT2D eigenvalue weighted by atomic mass is 10.0. The van der Waals surface area contributed by atoms with E-state index in [0.29, 0.717) is 17.5 Å². The van der Waals surface area contributed by atoms with Crippen molar-refractivity contribution in [3.8, 4) is 51.0 Å². The number of hydrogen-bond acceptors (Lipinski definition) is 5. The molecule has 0 spiro atoms. The van der Waals surface area contributed by atoms with Crippen molar-refractivity contribution in [2.24, 2.45) is 0 Å². The van der Waals surface area contributed by atoms with E-state index in [-0.39, 0.29) is 0 Å². The van der Waals surface area contributed by atoms with E-state index >= 15 is 0 Å². The fourth-order valence-corrected chi connectivity index (χ4v) is 8.34. The van der Waals surface area contributed by atoms with Gasteiger partial charge in [0.05, 0.1) is 11.0 Å². The van der Waals surface area contributed by atoms with Crippen molar-refractivity contribution < 1.29 is 8.83 Å². The van der Waals surface area contributed by atoms with E-state index in [9.17, 15) is 0 Å². The molecule has 6 heteroatoms. The SMILES string of the molecule is c1ccc(-c2ccc(-c3nc(-c4ccc5c(c4)oc4ccccc45)nc(-c4ccc5oc6c(ccc7c8ccccc8n(-c8ccccc8)c76)c5c4)n3)cc2)cc1. The normalized spacial score (nSPS) is 11.9. The molecule has 0 radical (unpaired) electrons. The zero-order chi connectivity index (χ0) is 37.5. The molecule has 0 bridgehead atoms. The molecule has 0 saturated heterocycles. The highest BCUT2D eigenvalue weighted by atomic mass is 16.3. The summed E-state index contributed by atoms with van der Waals surface area (Å²) in [6.45, 7) is 0. The van der Waals surface area contributed by atoms with E-state index in [0.717, 1.165) is 93.8 Å². The molecule has 12 rings (SSSR count). The van der Waals surface area contributed by atoms with Crippen LogP contribution in [-0.2, 0) is 0 Å². The van der Waals surface area contributed by atoms with Gasteiger partial charge in [-0.3, -0.25) is 0 Å². The van der Waals surface area contributed by atoms with Crippen LogP contribution in [0.1, 0.15) is 0 Å². The number of furan rings is 2. The Morgan fingerprint density at radius 3 is 1.68 bits per heavy atom. The van der Waals surface area contributed by atoms with Crippen molar-refractivity contribution >= 4 is 65.7 Å². The van der Waals surface area contributed by atoms with Crippen LogP contribution in [0.3, 0.4) is 0 Å². The van der Waals surface area contributed by atoms with Crippen LogP contribution in [0.5, 0.6) is 0 Å². The lowest BCUT2D eigenvalue weighted by Crippen LogP contribution is -2.00. The first-order valence-electron chi connectivity index (χ1n) is 19.0. The molecule has 0 aliphatic rings. The first kappa shape index (κ1) is 31.5. The third-order valence-electron chi connectivity index (χ3n) is 11.1. The number of nitrogens with zero attached hydrogens (tertiary/aromatic N) is 4. The second-order valence-corrected chi connectivity index (χ2v) is 14.4. The van der Waals surface area contributed by atoms with Gasteiger partial charge in [-0.05, 0) is 71.8 Å². The van der Waals surface area contributed by atoms with Crippen LogP contribution < -0.4 is 0 Å². The van der Waals surface area contributed by atoms with E-state index in [1.807, 2.05) is 48.5 Å². The largest absolute Gasteiger partial charge is 0.456 e. The Balaban J connectivity index is 1.05. The topological polar surface area (TPSA) is 69.9 Å². The van der Waals surface area contributed by atoms with Crippen LogP contribution in [0.15, 0.2) is 191 Å². The van der Waals surface area contributed by atoms with Crippen molar-refractivity contribution in [1.29, 1.82) is 0 Å². The molecular formula is C51H30N4O2. The van der Waals surface area contributed by atoms with E-state index in [1.165, 1.54) is 5.39 Å². The molecule has 0 aliphatic heterocycles. The summed E-state index contributed by atoms with van der Waals surface area (Å²) in [5, 5.41) is 6.49. The molecule has 12 aromatic rings. The van der Waals surface area contributed by atoms with Crippen LogP contribution in [0.2, 0.25) is 0 Å². The van der Waals surface area contributed by atoms with Gasteiger partial charge in [0.15, 0.2) is 23.1 Å². The van der Waals surface area contributed by atoms with Crippen LogP contribution >= 0.6 is 0 Å². The molecule has 6 nitrogen and oxygen atoms in total. The van der Waals surface area contributed by atoms with E-state index in [1.54, 1.807) is 0 Å². The van der Waals surface area contributed by atoms with Crippen molar-refractivity contribution in [2.75, 3.05) is 0 Å². The molecule has 0 unspecified atom stereocenters. The van der Waals surface area contributed by atoms with E-state index < -0.39 is 0 Å². The Kier molecular flexibility index (Phi) is 6.83. The maximum atomic E-state index is 6.76. The Morgan fingerprint density at radius 2 is 0.877 bits per heavy atom. The molecule has 0 atom stereocenters. The van der Waals surface area contributed by atoms with Gasteiger partial charge in [-0.15, -0.1) is 0 Å². The highest BCUT2D eigenvalue weighted by Gasteiger charge is 2.20. The number of fused-ring (bicyclic) bond motifs is 10. The van der Waals surface area contributed by atoms with Crippen LogP contribution in [-0.4, -0.2) is 19.5 Å². The fraction of sp³-hybridized carbons (Fsp3) is 0. The number of rotatable bonds is 5. The van der Waals surface area contributed by atoms with Crippen molar-refractivity contribution in [1.82, 2.24) is 19.5 Å². The standard InChI is InChI=1S/C51H30N4O2/c1-3-11-31(12-4-1)32-19-21-33(22-20-32)49-52-50(54-51(53-49)35-23-25-39-38-16-8-10-18-44(38)56-46(39)30-35)34-24-28-45-42(29-34)41-27-26-40-37-15-7-9-17-43(37)55(47(40)48(41)57-45)36-13-5-2-6-14-36/h1-30H. The van der Waals surface area contributed by atoms with Crippen LogP contribution in [0.4, 0.5) is 0 Å². The minimum atomic E-state index is 0.565. The molecule has 57 heavy (non-hydrogen) atoms. The summed E-state index contributed by atoms with van der Waals surface area (Å²) in [6, 6.07) is 62.7. The highest BCUT2D eigenvalue weighted by molar-refractivity contribution is 6.21. The Labute approximate surface area is 325 Å². The van der Waals surface area contributed by atoms with E-state index in [4.69, 9.17) is 23.8 Å². The van der Waals surface area contributed by atoms with Gasteiger partial charge in [-0.1, -0.05) is 121 Å². The van der Waals surface area contributed by atoms with E-state index in [2.05, 4.69) is 138 Å². The molecule has 4 heterocycles. The summed E-state index contributed by atoms with van der Waals surface area (Å²) in [6.07, 6.45) is 0. The summed E-state index contributed by atoms with van der Waals surface area (Å²) in [4.78, 5) is 15.3. The number of benzene rings is 8. The second-order valence-electron chi connectivity index (χ2n) is 14.4. The fourth-order valence-electron chi connectivity index (χ4n) is 8.34. The van der Waals surface area contributed by atoms with Gasteiger partial charge in [0.1, 0.15) is 16.7 Å². The molecule has 4 aromatic heterocycles. The zero-order valence-electron chi connectivity index (χ0n) is 30.4. The predicted octanol–water partition coefficient (Wildman–Crippen LogP) is 13.4. The van der Waals surface area contributed by atoms with Gasteiger partial charge in [-0.2, -0.15) is 0 Å². The first-order chi connectivity index (χ1) is 28.2. The minimum Gasteiger partial charge on any atom is -0.456 e. The van der Waals surface area contributed by atoms with Crippen LogP contribution in [0, 0.1) is 0 Å². The summed E-state index contributed by atoms with van der Waals surface area (Å²) in [5.74, 6) is 1.73. The van der Waals surface area contributed by atoms with Gasteiger partial charge in [-0.25, -0.2) is 15.0 Å². The molecule has 0 fully saturated rings. The number of hydrogen-bond donors (Lipinski definition) is 0. The van der Waals surface area contributed by atoms with Crippen molar-refractivity contribution in [2.45, 2.75) is 0 Å². The quantitative estimate of drug-likeness (QED) is 0.176. The van der Waals surface area contributed by atoms with Gasteiger partial charge in [0.2, 0.25) is 0 Å². The molecule has 266 valence electrons. The molecule has 0 saturated carbocycles. The molecule has 8 aromatic carbocycles. The Bertz CT molecular complexity index is 3510. The van der Waals surface area contributed by atoms with Gasteiger partial charge >= 0.3 is 0 Å². The van der Waals surface area contributed by atoms with Gasteiger partial charge in [0.25, 0.3) is 0 Å². The smallest absolute Gasteiger partial charge is 0.164 e. The van der Waals surface area contributed by atoms with Crippen LogP contribution in [0.25, 0.3) is 117 Å². The monoisotopic (exact) mass is 730 g/mol. The van der Waals surface area contributed by atoms with Gasteiger partial charge < -0.3 is 13.4 Å². The van der Waals surface area contributed by atoms with Crippen molar-refractivity contribution in [3.05, 3.63) is 182 Å². The molecule has 0 N–H and O–H groups in total. The first-order valence-corrected chi connectivity index (χ1v) is 19.0. The summed E-state index contributed by atoms with van der Waals surface area (Å²) < 4.78 is 15.4. The lowest BCUT2D eigenvalue weighted by Gasteiger charge is -2.09. The number of para-hydroxylation sites is 3. The second kappa shape index (κ2) is 12.3. The Morgan fingerprint density at radius 1 is 0.333 bits per heavy atom. The number of aromatic nitrogens is 4. The zero-order valence-corrected chi connectivity index (χ0v) is 30.4. The Hall–Kier alpha value is -7.83. The minimum absolute atomic E-state index is 0.565. The third-order valence-corrected chi connectivity index (χ3v) is 11.1. The summed E-state index contributed by atoms with van der Waals surface area (Å²) in [5.41, 5.74) is 11.4. The summed E-state index contributed by atoms with van der Waals surface area (Å²) in [7, 11) is 0. The van der Waals surface area contributed by atoms with Gasteiger partial charge in [0, 0.05) is 54.7 Å². The summed E-state index contributed by atoms with van der Waals surface area (Å²) >= 11 is 0.